The lowest BCUT2D eigenvalue weighted by molar-refractivity contribution is -0.140. The molecule has 1 N–H and O–H groups in total. The normalized spacial score (nSPS) is 17.5. The van der Waals surface area contributed by atoms with Gasteiger partial charge in [0, 0.05) is 5.56 Å². The number of nitrogens with zero attached hydrogens (tertiary/aromatic N) is 1. The van der Waals surface area contributed by atoms with Crippen LogP contribution in [-0.4, -0.2) is 28.3 Å². The van der Waals surface area contributed by atoms with Gasteiger partial charge in [0.15, 0.2) is 0 Å². The number of carbonyl (C=O) groups excluding carboxylic acids is 2. The molecule has 1 saturated heterocycles. The number of amides is 1. The summed E-state index contributed by atoms with van der Waals surface area (Å²) in [7, 11) is 0. The maximum atomic E-state index is 13.4. The van der Waals surface area contributed by atoms with Gasteiger partial charge in [-0.1, -0.05) is 24.8 Å². The van der Waals surface area contributed by atoms with Crippen LogP contribution in [0.2, 0.25) is 0 Å². The number of ketones is 1. The molecule has 1 unspecified atom stereocenters. The van der Waals surface area contributed by atoms with E-state index in [2.05, 4.69) is 6.58 Å². The zero-order valence-corrected chi connectivity index (χ0v) is 17.0. The Bertz CT molecular complexity index is 1180. The zero-order valence-electron chi connectivity index (χ0n) is 17.0. The average molecular weight is 433 g/mol. The van der Waals surface area contributed by atoms with Gasteiger partial charge >= 0.3 is 0 Å². The number of hydrogen-bond acceptors (Lipinski definition) is 5. The Morgan fingerprint density at radius 1 is 1.16 bits per heavy atom. The van der Waals surface area contributed by atoms with Gasteiger partial charge in [0.05, 0.1) is 24.4 Å². The van der Waals surface area contributed by atoms with Crippen molar-refractivity contribution in [2.24, 2.45) is 0 Å². The summed E-state index contributed by atoms with van der Waals surface area (Å²) >= 11 is 0. The van der Waals surface area contributed by atoms with Gasteiger partial charge in [-0.2, -0.15) is 0 Å². The van der Waals surface area contributed by atoms with Gasteiger partial charge in [0.25, 0.3) is 11.7 Å². The van der Waals surface area contributed by atoms with E-state index in [1.807, 2.05) is 0 Å². The first-order valence-electron chi connectivity index (χ1n) is 9.90. The van der Waals surface area contributed by atoms with Gasteiger partial charge in [-0.05, 0) is 54.1 Å². The molecular formula is C25H20FNO5. The molecule has 2 aromatic carbocycles. The van der Waals surface area contributed by atoms with Crippen molar-refractivity contribution in [1.29, 1.82) is 0 Å². The van der Waals surface area contributed by atoms with Crippen LogP contribution in [0.5, 0.6) is 5.75 Å². The number of aliphatic hydroxyl groups excluding tert-OH is 1. The second-order valence-electron chi connectivity index (χ2n) is 7.19. The van der Waals surface area contributed by atoms with Crippen molar-refractivity contribution < 1.29 is 28.2 Å². The van der Waals surface area contributed by atoms with Crippen molar-refractivity contribution in [2.45, 2.75) is 12.6 Å². The summed E-state index contributed by atoms with van der Waals surface area (Å²) in [6, 6.07) is 14.5. The summed E-state index contributed by atoms with van der Waals surface area (Å²) in [6.45, 7) is 3.94. The van der Waals surface area contributed by atoms with Crippen molar-refractivity contribution in [2.75, 3.05) is 6.61 Å². The molecule has 1 aliphatic rings. The predicted molar refractivity (Wildman–Crippen MR) is 115 cm³/mol. The molecule has 4 rings (SSSR count). The Hall–Kier alpha value is -4.13. The number of aliphatic hydroxyl groups is 1. The number of furan rings is 1. The Labute approximate surface area is 183 Å². The number of rotatable bonds is 7. The first kappa shape index (κ1) is 21.1. The van der Waals surface area contributed by atoms with E-state index < -0.39 is 23.5 Å². The molecule has 1 aliphatic heterocycles. The van der Waals surface area contributed by atoms with Crippen molar-refractivity contribution in [3.8, 4) is 5.75 Å². The van der Waals surface area contributed by atoms with E-state index in [0.717, 1.165) is 0 Å². The van der Waals surface area contributed by atoms with Crippen LogP contribution in [0.1, 0.15) is 22.9 Å². The summed E-state index contributed by atoms with van der Waals surface area (Å²) < 4.78 is 24.3. The lowest BCUT2D eigenvalue weighted by atomic mass is 9.95. The first-order chi connectivity index (χ1) is 15.5. The number of hydrogen-bond donors (Lipinski definition) is 1. The van der Waals surface area contributed by atoms with E-state index in [0.29, 0.717) is 17.1 Å². The van der Waals surface area contributed by atoms with Gasteiger partial charge in [-0.3, -0.25) is 9.59 Å². The summed E-state index contributed by atoms with van der Waals surface area (Å²) in [5.74, 6) is -1.46. The Kier molecular flexibility index (Phi) is 5.89. The highest BCUT2D eigenvalue weighted by molar-refractivity contribution is 6.46. The van der Waals surface area contributed by atoms with Crippen molar-refractivity contribution in [3.05, 3.63) is 108 Å². The summed E-state index contributed by atoms with van der Waals surface area (Å²) in [5, 5.41) is 11.0. The Balaban J connectivity index is 1.84. The highest BCUT2D eigenvalue weighted by Gasteiger charge is 2.46. The minimum atomic E-state index is -0.891. The fraction of sp³-hybridized carbons (Fsp3) is 0.120. The molecule has 1 aromatic heterocycles. The van der Waals surface area contributed by atoms with E-state index in [4.69, 9.17) is 9.15 Å². The number of halogens is 1. The average Bonchev–Trinajstić information content (AvgIpc) is 3.40. The Morgan fingerprint density at radius 2 is 1.94 bits per heavy atom. The highest BCUT2D eigenvalue weighted by Crippen LogP contribution is 2.41. The fourth-order valence-electron chi connectivity index (χ4n) is 3.65. The minimum Gasteiger partial charge on any atom is -0.507 e. The zero-order chi connectivity index (χ0) is 22.7. The van der Waals surface area contributed by atoms with Crippen molar-refractivity contribution in [1.82, 2.24) is 4.90 Å². The molecule has 0 bridgehead atoms. The molecular weight excluding hydrogens is 413 g/mol. The van der Waals surface area contributed by atoms with Gasteiger partial charge in [0.2, 0.25) is 0 Å². The standard InChI is InChI=1S/C25H20FNO5/c1-2-12-31-19-6-3-5-17(14-19)22-21(23(28)16-8-10-18(26)11-9-16)24(29)25(30)27(22)15-20-7-4-13-32-20/h2-11,13-14,22,28H,1,12,15H2/b23-21+. The SMILES string of the molecule is C=CCOc1cccc(C2/C(=C(\O)c3ccc(F)cc3)C(=O)C(=O)N2Cc2ccco2)c1. The number of ether oxygens (including phenoxy) is 1. The molecule has 3 aromatic rings. The topological polar surface area (TPSA) is 80.0 Å². The molecule has 2 heterocycles. The molecule has 7 heteroatoms. The number of likely N-dealkylation sites (tertiary alicyclic amines) is 1. The summed E-state index contributed by atoms with van der Waals surface area (Å²) in [4.78, 5) is 27.3. The van der Waals surface area contributed by atoms with Crippen LogP contribution >= 0.6 is 0 Å². The lowest BCUT2D eigenvalue weighted by Crippen LogP contribution is -2.29. The molecule has 1 atom stereocenters. The highest BCUT2D eigenvalue weighted by atomic mass is 19.1. The van der Waals surface area contributed by atoms with Crippen LogP contribution in [0.4, 0.5) is 4.39 Å². The quantitative estimate of drug-likeness (QED) is 0.255. The molecule has 0 saturated carbocycles. The van der Waals surface area contributed by atoms with Crippen LogP contribution in [0.3, 0.4) is 0 Å². The number of carbonyl (C=O) groups is 2. The molecule has 162 valence electrons. The molecule has 0 radical (unpaired) electrons. The second kappa shape index (κ2) is 8.93. The van der Waals surface area contributed by atoms with Crippen molar-refractivity contribution >= 4 is 17.4 Å². The van der Waals surface area contributed by atoms with Gasteiger partial charge in [-0.15, -0.1) is 0 Å². The number of Topliss-reactive ketones (excluding diaryl/α,β-unsaturated/α-hetero) is 1. The largest absolute Gasteiger partial charge is 0.507 e. The smallest absolute Gasteiger partial charge is 0.296 e. The molecule has 1 amide bonds. The maximum Gasteiger partial charge on any atom is 0.296 e. The van der Waals surface area contributed by atoms with E-state index in [-0.39, 0.29) is 30.0 Å². The third-order valence-corrected chi connectivity index (χ3v) is 5.11. The maximum absolute atomic E-state index is 13.4. The second-order valence-corrected chi connectivity index (χ2v) is 7.19. The third kappa shape index (κ3) is 4.05. The van der Waals surface area contributed by atoms with E-state index >= 15 is 0 Å². The van der Waals surface area contributed by atoms with Crippen LogP contribution in [-0.2, 0) is 16.1 Å². The van der Waals surface area contributed by atoms with Crippen LogP contribution in [0, 0.1) is 5.82 Å². The summed E-state index contributed by atoms with van der Waals surface area (Å²) in [6.07, 6.45) is 3.08. The van der Waals surface area contributed by atoms with Crippen LogP contribution in [0.15, 0.2) is 89.6 Å². The van der Waals surface area contributed by atoms with E-state index in [1.165, 1.54) is 35.4 Å². The molecule has 0 aliphatic carbocycles. The van der Waals surface area contributed by atoms with Crippen LogP contribution in [0.25, 0.3) is 5.76 Å². The number of benzene rings is 2. The molecule has 1 fully saturated rings. The van der Waals surface area contributed by atoms with Crippen LogP contribution < -0.4 is 4.74 Å². The van der Waals surface area contributed by atoms with Gasteiger partial charge in [0.1, 0.15) is 29.7 Å². The predicted octanol–water partition coefficient (Wildman–Crippen LogP) is 4.61. The molecule has 6 nitrogen and oxygen atoms in total. The third-order valence-electron chi connectivity index (χ3n) is 5.11. The van der Waals surface area contributed by atoms with E-state index in [1.54, 1.807) is 42.5 Å². The minimum absolute atomic E-state index is 0.0280. The lowest BCUT2D eigenvalue weighted by Gasteiger charge is -2.25. The molecule has 0 spiro atoms. The van der Waals surface area contributed by atoms with Crippen molar-refractivity contribution in [3.63, 3.8) is 0 Å². The monoisotopic (exact) mass is 433 g/mol. The van der Waals surface area contributed by atoms with E-state index in [9.17, 15) is 19.1 Å². The summed E-state index contributed by atoms with van der Waals surface area (Å²) in [5.41, 5.74) is 0.710. The molecule has 32 heavy (non-hydrogen) atoms. The van der Waals surface area contributed by atoms with Gasteiger partial charge in [-0.25, -0.2) is 4.39 Å². The van der Waals surface area contributed by atoms with Gasteiger partial charge < -0.3 is 19.2 Å². The Morgan fingerprint density at radius 3 is 2.62 bits per heavy atom. The first-order valence-corrected chi connectivity index (χ1v) is 9.90. The fourth-order valence-corrected chi connectivity index (χ4v) is 3.65.